The van der Waals surface area contributed by atoms with Crippen LogP contribution in [0.4, 0.5) is 11.4 Å². The third-order valence-corrected chi connectivity index (χ3v) is 4.45. The molecular weight excluding hydrogens is 374 g/mol. The molecule has 2 amide bonds. The largest absolute Gasteiger partial charge is 0.465 e. The van der Waals surface area contributed by atoms with Crippen LogP contribution in [0.25, 0.3) is 0 Å². The van der Waals surface area contributed by atoms with Crippen molar-refractivity contribution in [3.63, 3.8) is 0 Å². The van der Waals surface area contributed by atoms with Crippen LogP contribution < -0.4 is 10.6 Å². The number of methoxy groups -OCH3 is 1. The number of ether oxygens (including phenoxy) is 2. The van der Waals surface area contributed by atoms with Crippen LogP contribution in [0.3, 0.4) is 0 Å². The maximum atomic E-state index is 12.6. The fraction of sp³-hybridized carbons (Fsp3) is 0.286. The molecule has 8 heteroatoms. The van der Waals surface area contributed by atoms with E-state index in [4.69, 9.17) is 4.74 Å². The highest BCUT2D eigenvalue weighted by Gasteiger charge is 2.18. The van der Waals surface area contributed by atoms with Crippen LogP contribution in [0.1, 0.15) is 20.7 Å². The SMILES string of the molecule is COC(=O)c1ccc(NCC(=O)Nc2cccc(C(=O)N3CCOCC3)c2)cc1. The van der Waals surface area contributed by atoms with Gasteiger partial charge in [0.05, 0.1) is 32.4 Å². The third kappa shape index (κ3) is 5.55. The number of morpholine rings is 1. The monoisotopic (exact) mass is 397 g/mol. The fourth-order valence-electron chi connectivity index (χ4n) is 2.91. The molecule has 0 aliphatic carbocycles. The number of hydrogen-bond donors (Lipinski definition) is 2. The standard InChI is InChI=1S/C21H23N3O5/c1-28-21(27)15-5-7-17(8-6-15)22-14-19(25)23-18-4-2-3-16(13-18)20(26)24-9-11-29-12-10-24/h2-8,13,22H,9-12,14H2,1H3,(H,23,25). The average molecular weight is 397 g/mol. The molecule has 0 aromatic heterocycles. The van der Waals surface area contributed by atoms with E-state index >= 15 is 0 Å². The Bertz CT molecular complexity index is 876. The van der Waals surface area contributed by atoms with Gasteiger partial charge in [-0.05, 0) is 42.5 Å². The van der Waals surface area contributed by atoms with Crippen molar-refractivity contribution in [3.8, 4) is 0 Å². The summed E-state index contributed by atoms with van der Waals surface area (Å²) in [4.78, 5) is 38.0. The zero-order chi connectivity index (χ0) is 20.6. The minimum Gasteiger partial charge on any atom is -0.465 e. The number of carbonyl (C=O) groups is 3. The van der Waals surface area contributed by atoms with Crippen molar-refractivity contribution < 1.29 is 23.9 Å². The molecule has 152 valence electrons. The van der Waals surface area contributed by atoms with Gasteiger partial charge in [0.2, 0.25) is 5.91 Å². The van der Waals surface area contributed by atoms with E-state index < -0.39 is 5.97 Å². The molecule has 8 nitrogen and oxygen atoms in total. The summed E-state index contributed by atoms with van der Waals surface area (Å²) in [5.74, 6) is -0.743. The van der Waals surface area contributed by atoms with Crippen LogP contribution in [-0.4, -0.2) is 62.6 Å². The number of nitrogens with one attached hydrogen (secondary N) is 2. The summed E-state index contributed by atoms with van der Waals surface area (Å²) >= 11 is 0. The Balaban J connectivity index is 1.54. The van der Waals surface area contributed by atoms with Gasteiger partial charge in [0.1, 0.15) is 0 Å². The lowest BCUT2D eigenvalue weighted by molar-refractivity contribution is -0.114. The second-order valence-electron chi connectivity index (χ2n) is 6.46. The highest BCUT2D eigenvalue weighted by molar-refractivity contribution is 5.98. The molecule has 1 saturated heterocycles. The van der Waals surface area contributed by atoms with Gasteiger partial charge in [-0.15, -0.1) is 0 Å². The lowest BCUT2D eigenvalue weighted by Gasteiger charge is -2.27. The molecule has 2 aromatic rings. The number of rotatable bonds is 6. The summed E-state index contributed by atoms with van der Waals surface area (Å²) in [6.45, 7) is 2.24. The molecule has 2 N–H and O–H groups in total. The Morgan fingerprint density at radius 2 is 1.72 bits per heavy atom. The molecule has 0 atom stereocenters. The molecule has 1 heterocycles. The predicted molar refractivity (Wildman–Crippen MR) is 108 cm³/mol. The van der Waals surface area contributed by atoms with E-state index in [-0.39, 0.29) is 18.4 Å². The maximum Gasteiger partial charge on any atom is 0.337 e. The Labute approximate surface area is 168 Å². The second-order valence-corrected chi connectivity index (χ2v) is 6.46. The van der Waals surface area contributed by atoms with E-state index in [2.05, 4.69) is 15.4 Å². The maximum absolute atomic E-state index is 12.6. The van der Waals surface area contributed by atoms with E-state index in [0.29, 0.717) is 48.8 Å². The molecule has 1 fully saturated rings. The van der Waals surface area contributed by atoms with Gasteiger partial charge in [0.25, 0.3) is 5.91 Å². The number of carbonyl (C=O) groups excluding carboxylic acids is 3. The lowest BCUT2D eigenvalue weighted by Crippen LogP contribution is -2.40. The molecule has 1 aliphatic heterocycles. The first kappa shape index (κ1) is 20.3. The first-order valence-electron chi connectivity index (χ1n) is 9.26. The number of nitrogens with zero attached hydrogens (tertiary/aromatic N) is 1. The summed E-state index contributed by atoms with van der Waals surface area (Å²) in [5.41, 5.74) is 2.21. The smallest absolute Gasteiger partial charge is 0.337 e. The van der Waals surface area contributed by atoms with E-state index in [9.17, 15) is 14.4 Å². The third-order valence-electron chi connectivity index (χ3n) is 4.45. The molecule has 0 unspecified atom stereocenters. The van der Waals surface area contributed by atoms with Gasteiger partial charge in [0, 0.05) is 30.0 Å². The predicted octanol–water partition coefficient (Wildman–Crippen LogP) is 2.00. The number of benzene rings is 2. The topological polar surface area (TPSA) is 97.0 Å². The molecule has 0 bridgehead atoms. The van der Waals surface area contributed by atoms with Crippen LogP contribution in [0.15, 0.2) is 48.5 Å². The van der Waals surface area contributed by atoms with Crippen molar-refractivity contribution >= 4 is 29.2 Å². The number of esters is 1. The van der Waals surface area contributed by atoms with Gasteiger partial charge in [-0.2, -0.15) is 0 Å². The van der Waals surface area contributed by atoms with Crippen LogP contribution in [-0.2, 0) is 14.3 Å². The number of hydrogen-bond acceptors (Lipinski definition) is 6. The van der Waals surface area contributed by atoms with Crippen molar-refractivity contribution in [1.29, 1.82) is 0 Å². The minimum absolute atomic E-state index is 0.0409. The van der Waals surface area contributed by atoms with Crippen molar-refractivity contribution in [3.05, 3.63) is 59.7 Å². The summed E-state index contributed by atoms with van der Waals surface area (Å²) in [7, 11) is 1.32. The summed E-state index contributed by atoms with van der Waals surface area (Å²) in [6.07, 6.45) is 0. The summed E-state index contributed by atoms with van der Waals surface area (Å²) in [6, 6.07) is 13.5. The van der Waals surface area contributed by atoms with E-state index in [1.54, 1.807) is 53.4 Å². The fourth-order valence-corrected chi connectivity index (χ4v) is 2.91. The first-order valence-corrected chi connectivity index (χ1v) is 9.26. The molecule has 3 rings (SSSR count). The zero-order valence-electron chi connectivity index (χ0n) is 16.1. The molecule has 0 spiro atoms. The van der Waals surface area contributed by atoms with Crippen LogP contribution in [0.2, 0.25) is 0 Å². The van der Waals surface area contributed by atoms with Crippen LogP contribution in [0.5, 0.6) is 0 Å². The Hall–Kier alpha value is -3.39. The first-order chi connectivity index (χ1) is 14.1. The summed E-state index contributed by atoms with van der Waals surface area (Å²) < 4.78 is 9.92. The molecule has 0 radical (unpaired) electrons. The van der Waals surface area contributed by atoms with Crippen molar-refractivity contribution in [2.24, 2.45) is 0 Å². The summed E-state index contributed by atoms with van der Waals surface area (Å²) in [5, 5.41) is 5.76. The van der Waals surface area contributed by atoms with Crippen molar-refractivity contribution in [1.82, 2.24) is 4.90 Å². The minimum atomic E-state index is -0.416. The van der Waals surface area contributed by atoms with Gasteiger partial charge < -0.3 is 25.0 Å². The quantitative estimate of drug-likeness (QED) is 0.724. The zero-order valence-corrected chi connectivity index (χ0v) is 16.1. The lowest BCUT2D eigenvalue weighted by atomic mass is 10.1. The van der Waals surface area contributed by atoms with Crippen LogP contribution >= 0.6 is 0 Å². The second kappa shape index (κ2) is 9.70. The highest BCUT2D eigenvalue weighted by Crippen LogP contribution is 2.14. The van der Waals surface area contributed by atoms with E-state index in [1.165, 1.54) is 7.11 Å². The molecule has 1 aliphatic rings. The molecule has 29 heavy (non-hydrogen) atoms. The molecular formula is C21H23N3O5. The van der Waals surface area contributed by atoms with Gasteiger partial charge in [-0.25, -0.2) is 4.79 Å². The number of amides is 2. The average Bonchev–Trinajstić information content (AvgIpc) is 2.77. The molecule has 0 saturated carbocycles. The van der Waals surface area contributed by atoms with Gasteiger partial charge in [0.15, 0.2) is 0 Å². The van der Waals surface area contributed by atoms with Gasteiger partial charge >= 0.3 is 5.97 Å². The number of anilines is 2. The van der Waals surface area contributed by atoms with Gasteiger partial charge in [-0.1, -0.05) is 6.07 Å². The normalized spacial score (nSPS) is 13.5. The van der Waals surface area contributed by atoms with Crippen molar-refractivity contribution in [2.75, 3.05) is 50.6 Å². The Kier molecular flexibility index (Phi) is 6.80. The molecule has 2 aromatic carbocycles. The van der Waals surface area contributed by atoms with Crippen LogP contribution in [0, 0.1) is 0 Å². The highest BCUT2D eigenvalue weighted by atomic mass is 16.5. The Morgan fingerprint density at radius 3 is 2.41 bits per heavy atom. The van der Waals surface area contributed by atoms with Crippen molar-refractivity contribution in [2.45, 2.75) is 0 Å². The van der Waals surface area contributed by atoms with E-state index in [0.717, 1.165) is 0 Å². The van der Waals surface area contributed by atoms with Gasteiger partial charge in [-0.3, -0.25) is 9.59 Å². The Morgan fingerprint density at radius 1 is 1.00 bits per heavy atom. The van der Waals surface area contributed by atoms with E-state index in [1.807, 2.05) is 0 Å².